The molecule has 0 radical (unpaired) electrons. The van der Waals surface area contributed by atoms with Crippen LogP contribution in [-0.2, 0) is 14.8 Å². The fourth-order valence-electron chi connectivity index (χ4n) is 3.04. The lowest BCUT2D eigenvalue weighted by molar-refractivity contribution is -0.117. The van der Waals surface area contributed by atoms with Gasteiger partial charge in [0.2, 0.25) is 15.9 Å². The van der Waals surface area contributed by atoms with Crippen LogP contribution in [-0.4, -0.2) is 32.8 Å². The van der Waals surface area contributed by atoms with Crippen LogP contribution in [0.4, 0.5) is 5.69 Å². The van der Waals surface area contributed by atoms with E-state index in [1.54, 1.807) is 30.3 Å². The predicted octanol–water partition coefficient (Wildman–Crippen LogP) is 4.28. The molecule has 0 spiro atoms. The summed E-state index contributed by atoms with van der Waals surface area (Å²) >= 11 is 6.07. The summed E-state index contributed by atoms with van der Waals surface area (Å²) < 4.78 is 33.0. The third kappa shape index (κ3) is 6.19. The Morgan fingerprint density at radius 2 is 1.67 bits per heavy atom. The molecule has 1 atom stereocenters. The van der Waals surface area contributed by atoms with E-state index in [4.69, 9.17) is 16.3 Å². The maximum atomic E-state index is 12.9. The lowest BCUT2D eigenvalue weighted by Crippen LogP contribution is -2.41. The van der Waals surface area contributed by atoms with Crippen molar-refractivity contribution in [3.8, 4) is 5.75 Å². The molecular formula is C24H23ClN2O5S. The topological polar surface area (TPSA) is 102 Å². The third-order valence-electron chi connectivity index (χ3n) is 4.69. The number of hydrogen-bond donors (Lipinski definition) is 2. The Hall–Kier alpha value is -3.20. The molecule has 0 aliphatic rings. The van der Waals surface area contributed by atoms with E-state index in [9.17, 15) is 18.0 Å². The third-order valence-corrected chi connectivity index (χ3v) is 6.48. The van der Waals surface area contributed by atoms with Crippen molar-refractivity contribution in [2.45, 2.75) is 24.8 Å². The monoisotopic (exact) mass is 486 g/mol. The summed E-state index contributed by atoms with van der Waals surface area (Å²) in [6.07, 6.45) is 0. The van der Waals surface area contributed by atoms with Gasteiger partial charge in [-0.25, -0.2) is 8.42 Å². The average Bonchev–Trinajstić information content (AvgIpc) is 2.80. The van der Waals surface area contributed by atoms with Gasteiger partial charge >= 0.3 is 0 Å². The second-order valence-corrected chi connectivity index (χ2v) is 9.27. The van der Waals surface area contributed by atoms with Crippen molar-refractivity contribution in [1.29, 1.82) is 0 Å². The number of anilines is 1. The fourth-order valence-corrected chi connectivity index (χ4v) is 4.41. The number of benzene rings is 3. The molecule has 0 fully saturated rings. The molecule has 172 valence electrons. The van der Waals surface area contributed by atoms with E-state index in [1.165, 1.54) is 49.4 Å². The van der Waals surface area contributed by atoms with Crippen molar-refractivity contribution in [1.82, 2.24) is 4.72 Å². The molecule has 0 aliphatic heterocycles. The fraction of sp³-hybridized carbons (Fsp3) is 0.167. The molecule has 7 nitrogen and oxygen atoms in total. The Morgan fingerprint density at radius 3 is 2.30 bits per heavy atom. The van der Waals surface area contributed by atoms with Crippen LogP contribution in [0.25, 0.3) is 0 Å². The molecule has 1 amide bonds. The van der Waals surface area contributed by atoms with E-state index in [0.29, 0.717) is 22.9 Å². The minimum atomic E-state index is -3.96. The van der Waals surface area contributed by atoms with Crippen LogP contribution in [0.2, 0.25) is 5.02 Å². The van der Waals surface area contributed by atoms with Crippen molar-refractivity contribution in [2.24, 2.45) is 0 Å². The normalized spacial score (nSPS) is 12.1. The molecule has 0 heterocycles. The Kier molecular flexibility index (Phi) is 7.86. The number of ketones is 1. The van der Waals surface area contributed by atoms with Gasteiger partial charge in [-0.15, -0.1) is 0 Å². The molecule has 0 unspecified atom stereocenters. The number of ether oxygens (including phenoxy) is 1. The van der Waals surface area contributed by atoms with E-state index < -0.39 is 22.0 Å². The molecule has 0 bridgehead atoms. The van der Waals surface area contributed by atoms with Crippen molar-refractivity contribution < 1.29 is 22.7 Å². The molecule has 3 rings (SSSR count). The molecular weight excluding hydrogens is 464 g/mol. The molecule has 3 aromatic carbocycles. The number of sulfonamides is 1. The van der Waals surface area contributed by atoms with Crippen molar-refractivity contribution >= 4 is 39.0 Å². The first kappa shape index (κ1) is 24.4. The summed E-state index contributed by atoms with van der Waals surface area (Å²) in [5, 5.41) is 2.95. The Labute approximate surface area is 197 Å². The number of carbonyl (C=O) groups is 2. The van der Waals surface area contributed by atoms with Gasteiger partial charge in [-0.3, -0.25) is 9.59 Å². The van der Waals surface area contributed by atoms with E-state index >= 15 is 0 Å². The standard InChI is InChI=1S/C24H23ClN2O5S/c1-3-32-19-10-12-20(13-11-19)33(30,31)27-16(2)24(29)26-22-14-9-18(25)15-21(22)23(28)17-7-5-4-6-8-17/h4-16,27H,3H2,1-2H3,(H,26,29)/t16-/m0/s1. The second kappa shape index (κ2) is 10.6. The second-order valence-electron chi connectivity index (χ2n) is 7.12. The highest BCUT2D eigenvalue weighted by atomic mass is 35.5. The van der Waals surface area contributed by atoms with Crippen LogP contribution >= 0.6 is 11.6 Å². The first-order chi connectivity index (χ1) is 15.7. The minimum absolute atomic E-state index is 0.00274. The van der Waals surface area contributed by atoms with E-state index in [0.717, 1.165) is 0 Å². The lowest BCUT2D eigenvalue weighted by Gasteiger charge is -2.16. The SMILES string of the molecule is CCOc1ccc(S(=O)(=O)N[C@@H](C)C(=O)Nc2ccc(Cl)cc2C(=O)c2ccccc2)cc1. The van der Waals surface area contributed by atoms with Gasteiger partial charge in [0.15, 0.2) is 5.78 Å². The van der Waals surface area contributed by atoms with Crippen LogP contribution in [0.15, 0.2) is 77.7 Å². The zero-order valence-electron chi connectivity index (χ0n) is 18.0. The van der Waals surface area contributed by atoms with Crippen molar-refractivity contribution in [2.75, 3.05) is 11.9 Å². The van der Waals surface area contributed by atoms with Gasteiger partial charge in [0, 0.05) is 16.1 Å². The van der Waals surface area contributed by atoms with Crippen LogP contribution in [0.5, 0.6) is 5.75 Å². The number of halogens is 1. The van der Waals surface area contributed by atoms with Crippen LogP contribution in [0.3, 0.4) is 0 Å². The Balaban J connectivity index is 1.76. The molecule has 0 aliphatic carbocycles. The lowest BCUT2D eigenvalue weighted by atomic mass is 10.0. The van der Waals surface area contributed by atoms with Gasteiger partial charge in [0.05, 0.1) is 23.2 Å². The molecule has 3 aromatic rings. The van der Waals surface area contributed by atoms with Gasteiger partial charge in [-0.05, 0) is 56.3 Å². The number of hydrogen-bond acceptors (Lipinski definition) is 5. The summed E-state index contributed by atoms with van der Waals surface area (Å²) in [5.41, 5.74) is 0.855. The summed E-state index contributed by atoms with van der Waals surface area (Å²) in [7, 11) is -3.96. The molecule has 0 saturated carbocycles. The number of nitrogens with one attached hydrogen (secondary N) is 2. The Bertz CT molecular complexity index is 1250. The molecule has 33 heavy (non-hydrogen) atoms. The average molecular weight is 487 g/mol. The zero-order valence-corrected chi connectivity index (χ0v) is 19.6. The van der Waals surface area contributed by atoms with Crippen LogP contribution in [0, 0.1) is 0 Å². The first-order valence-corrected chi connectivity index (χ1v) is 12.0. The minimum Gasteiger partial charge on any atom is -0.494 e. The smallest absolute Gasteiger partial charge is 0.242 e. The van der Waals surface area contributed by atoms with Gasteiger partial charge in [0.1, 0.15) is 5.75 Å². The highest BCUT2D eigenvalue weighted by molar-refractivity contribution is 7.89. The zero-order chi connectivity index (χ0) is 24.0. The van der Waals surface area contributed by atoms with E-state index in [1.807, 2.05) is 6.92 Å². The van der Waals surface area contributed by atoms with Crippen LogP contribution in [0.1, 0.15) is 29.8 Å². The van der Waals surface area contributed by atoms with Gasteiger partial charge < -0.3 is 10.1 Å². The summed E-state index contributed by atoms with van der Waals surface area (Å²) in [6.45, 7) is 3.70. The maximum Gasteiger partial charge on any atom is 0.242 e. The highest BCUT2D eigenvalue weighted by Crippen LogP contribution is 2.24. The highest BCUT2D eigenvalue weighted by Gasteiger charge is 2.24. The summed E-state index contributed by atoms with van der Waals surface area (Å²) in [4.78, 5) is 25.7. The summed E-state index contributed by atoms with van der Waals surface area (Å²) in [5.74, 6) is -0.412. The number of rotatable bonds is 9. The maximum absolute atomic E-state index is 12.9. The summed E-state index contributed by atoms with van der Waals surface area (Å²) in [6, 6.07) is 17.8. The molecule has 0 aromatic heterocycles. The predicted molar refractivity (Wildman–Crippen MR) is 127 cm³/mol. The molecule has 2 N–H and O–H groups in total. The van der Waals surface area contributed by atoms with E-state index in [2.05, 4.69) is 10.0 Å². The van der Waals surface area contributed by atoms with E-state index in [-0.39, 0.29) is 21.9 Å². The van der Waals surface area contributed by atoms with Crippen molar-refractivity contribution in [3.63, 3.8) is 0 Å². The number of carbonyl (C=O) groups excluding carboxylic acids is 2. The first-order valence-electron chi connectivity index (χ1n) is 10.2. The number of amides is 1. The van der Waals surface area contributed by atoms with Gasteiger partial charge in [0.25, 0.3) is 0 Å². The molecule has 0 saturated heterocycles. The van der Waals surface area contributed by atoms with Crippen LogP contribution < -0.4 is 14.8 Å². The quantitative estimate of drug-likeness (QED) is 0.440. The Morgan fingerprint density at radius 1 is 1.00 bits per heavy atom. The van der Waals surface area contributed by atoms with Gasteiger partial charge in [-0.1, -0.05) is 41.9 Å². The largest absolute Gasteiger partial charge is 0.494 e. The van der Waals surface area contributed by atoms with Crippen molar-refractivity contribution in [3.05, 3.63) is 88.9 Å². The molecule has 9 heteroatoms. The van der Waals surface area contributed by atoms with Gasteiger partial charge in [-0.2, -0.15) is 4.72 Å².